The third-order valence-corrected chi connectivity index (χ3v) is 4.20. The quantitative estimate of drug-likeness (QED) is 0.301. The van der Waals surface area contributed by atoms with Crippen molar-refractivity contribution in [3.05, 3.63) is 70.4 Å². The molecule has 0 aliphatic carbocycles. The summed E-state index contributed by atoms with van der Waals surface area (Å²) in [5.74, 6) is 0. The van der Waals surface area contributed by atoms with Crippen molar-refractivity contribution in [2.75, 3.05) is 5.32 Å². The predicted molar refractivity (Wildman–Crippen MR) is 110 cm³/mol. The number of fused-ring (bicyclic) bond motifs is 1. The third-order valence-electron chi connectivity index (χ3n) is 3.71. The fourth-order valence-corrected chi connectivity index (χ4v) is 2.75. The lowest BCUT2D eigenvalue weighted by Gasteiger charge is -2.07. The summed E-state index contributed by atoms with van der Waals surface area (Å²) in [6, 6.07) is 15.9. The maximum Gasteiger partial charge on any atom is 0.191 e. The molecular formula is C19H17ClN4S. The van der Waals surface area contributed by atoms with Crippen molar-refractivity contribution in [3.63, 3.8) is 0 Å². The molecule has 0 unspecified atom stereocenters. The van der Waals surface area contributed by atoms with Crippen LogP contribution in [0.15, 0.2) is 53.6 Å². The Bertz CT molecular complexity index is 952. The monoisotopic (exact) mass is 368 g/mol. The fraction of sp³-hybridized carbons (Fsp3) is 0.105. The second-order valence-corrected chi connectivity index (χ2v) is 6.47. The first kappa shape index (κ1) is 17.3. The van der Waals surface area contributed by atoms with E-state index in [-0.39, 0.29) is 0 Å². The van der Waals surface area contributed by atoms with Crippen LogP contribution >= 0.6 is 23.8 Å². The summed E-state index contributed by atoms with van der Waals surface area (Å²) in [5, 5.41) is 9.04. The summed E-state index contributed by atoms with van der Waals surface area (Å²) in [6.07, 6.45) is 1.61. The molecule has 0 bridgehead atoms. The zero-order valence-corrected chi connectivity index (χ0v) is 15.4. The van der Waals surface area contributed by atoms with Crippen molar-refractivity contribution in [3.8, 4) is 0 Å². The average molecular weight is 369 g/mol. The number of rotatable bonds is 3. The van der Waals surface area contributed by atoms with Crippen LogP contribution in [0.25, 0.3) is 10.9 Å². The smallest absolute Gasteiger partial charge is 0.191 e. The topological polar surface area (TPSA) is 49.3 Å². The van der Waals surface area contributed by atoms with E-state index in [1.807, 2.05) is 62.4 Å². The van der Waals surface area contributed by atoms with Gasteiger partial charge in [-0.1, -0.05) is 47.5 Å². The van der Waals surface area contributed by atoms with Gasteiger partial charge in [0.25, 0.3) is 0 Å². The fourth-order valence-electron chi connectivity index (χ4n) is 2.39. The number of halogens is 1. The summed E-state index contributed by atoms with van der Waals surface area (Å²) in [7, 11) is 0. The first-order valence-electron chi connectivity index (χ1n) is 7.75. The van der Waals surface area contributed by atoms with Crippen LogP contribution in [0.5, 0.6) is 0 Å². The van der Waals surface area contributed by atoms with E-state index in [1.165, 1.54) is 5.56 Å². The zero-order chi connectivity index (χ0) is 17.8. The molecule has 0 spiro atoms. The summed E-state index contributed by atoms with van der Waals surface area (Å²) < 4.78 is 0. The van der Waals surface area contributed by atoms with Crippen LogP contribution < -0.4 is 10.7 Å². The first-order valence-corrected chi connectivity index (χ1v) is 8.54. The van der Waals surface area contributed by atoms with Gasteiger partial charge in [0.1, 0.15) is 5.15 Å². The normalized spacial score (nSPS) is 11.0. The lowest BCUT2D eigenvalue weighted by atomic mass is 10.1. The minimum Gasteiger partial charge on any atom is -0.331 e. The minimum absolute atomic E-state index is 0.404. The Hall–Kier alpha value is -2.50. The van der Waals surface area contributed by atoms with E-state index in [0.29, 0.717) is 10.3 Å². The van der Waals surface area contributed by atoms with E-state index in [2.05, 4.69) is 20.8 Å². The molecule has 4 nitrogen and oxygen atoms in total. The number of hydrogen-bond acceptors (Lipinski definition) is 3. The molecule has 2 aromatic carbocycles. The van der Waals surface area contributed by atoms with Crippen molar-refractivity contribution in [1.29, 1.82) is 0 Å². The molecule has 0 saturated carbocycles. The number of thiocarbonyl (C=S) groups is 1. The van der Waals surface area contributed by atoms with Crippen LogP contribution in [0.1, 0.15) is 16.7 Å². The number of para-hydroxylation sites is 1. The third kappa shape index (κ3) is 4.32. The second kappa shape index (κ2) is 7.59. The Morgan fingerprint density at radius 3 is 2.68 bits per heavy atom. The lowest BCUT2D eigenvalue weighted by Crippen LogP contribution is -2.23. The molecule has 6 heteroatoms. The SMILES string of the molecule is Cc1ccc(NC(=S)N/N=C/c2cc3cccc(C)c3nc2Cl)cc1. The first-order chi connectivity index (χ1) is 12.0. The van der Waals surface area contributed by atoms with E-state index in [0.717, 1.165) is 27.7 Å². The van der Waals surface area contributed by atoms with Crippen LogP contribution in [-0.2, 0) is 0 Å². The number of nitrogens with zero attached hydrogens (tertiary/aromatic N) is 2. The largest absolute Gasteiger partial charge is 0.331 e. The molecule has 1 aromatic heterocycles. The number of pyridine rings is 1. The van der Waals surface area contributed by atoms with E-state index < -0.39 is 0 Å². The Balaban J connectivity index is 1.69. The summed E-state index contributed by atoms with van der Waals surface area (Å²) in [6.45, 7) is 4.05. The molecule has 2 N–H and O–H groups in total. The Labute approximate surface area is 156 Å². The maximum atomic E-state index is 6.26. The van der Waals surface area contributed by atoms with Gasteiger partial charge in [-0.05, 0) is 49.8 Å². The molecule has 0 amide bonds. The highest BCUT2D eigenvalue weighted by molar-refractivity contribution is 7.80. The molecular weight excluding hydrogens is 352 g/mol. The molecule has 3 rings (SSSR count). The van der Waals surface area contributed by atoms with Gasteiger partial charge in [-0.2, -0.15) is 5.10 Å². The highest BCUT2D eigenvalue weighted by atomic mass is 35.5. The van der Waals surface area contributed by atoms with E-state index in [9.17, 15) is 0 Å². The van der Waals surface area contributed by atoms with Crippen molar-refractivity contribution in [2.45, 2.75) is 13.8 Å². The van der Waals surface area contributed by atoms with Gasteiger partial charge in [-0.15, -0.1) is 0 Å². The highest BCUT2D eigenvalue weighted by Crippen LogP contribution is 2.21. The van der Waals surface area contributed by atoms with Gasteiger partial charge in [-0.25, -0.2) is 4.98 Å². The molecule has 126 valence electrons. The number of nitrogens with one attached hydrogen (secondary N) is 2. The number of aryl methyl sites for hydroxylation is 2. The van der Waals surface area contributed by atoms with Crippen LogP contribution in [0.4, 0.5) is 5.69 Å². The van der Waals surface area contributed by atoms with Gasteiger partial charge in [0.15, 0.2) is 5.11 Å². The van der Waals surface area contributed by atoms with Gasteiger partial charge in [-0.3, -0.25) is 5.43 Å². The molecule has 0 aliphatic heterocycles. The van der Waals surface area contributed by atoms with Gasteiger partial charge in [0, 0.05) is 16.6 Å². The number of aromatic nitrogens is 1. The van der Waals surface area contributed by atoms with Crippen molar-refractivity contribution < 1.29 is 0 Å². The predicted octanol–water partition coefficient (Wildman–Crippen LogP) is 4.83. The Morgan fingerprint density at radius 1 is 1.16 bits per heavy atom. The molecule has 25 heavy (non-hydrogen) atoms. The van der Waals surface area contributed by atoms with E-state index >= 15 is 0 Å². The summed E-state index contributed by atoms with van der Waals surface area (Å²) >= 11 is 11.5. The molecule has 0 aliphatic rings. The number of hydrogen-bond donors (Lipinski definition) is 2. The maximum absolute atomic E-state index is 6.26. The van der Waals surface area contributed by atoms with E-state index in [1.54, 1.807) is 6.21 Å². The van der Waals surface area contributed by atoms with E-state index in [4.69, 9.17) is 23.8 Å². The number of anilines is 1. The minimum atomic E-state index is 0.404. The van der Waals surface area contributed by atoms with Crippen molar-refractivity contribution >= 4 is 51.7 Å². The lowest BCUT2D eigenvalue weighted by molar-refractivity contribution is 1.05. The summed E-state index contributed by atoms with van der Waals surface area (Å²) in [5.41, 5.74) is 7.59. The zero-order valence-electron chi connectivity index (χ0n) is 13.9. The Kier molecular flexibility index (Phi) is 5.26. The molecule has 0 fully saturated rings. The van der Waals surface area contributed by atoms with Crippen LogP contribution in [-0.4, -0.2) is 16.3 Å². The van der Waals surface area contributed by atoms with Gasteiger partial charge in [0.05, 0.1) is 11.7 Å². The average Bonchev–Trinajstić information content (AvgIpc) is 2.58. The summed E-state index contributed by atoms with van der Waals surface area (Å²) in [4.78, 5) is 4.45. The van der Waals surface area contributed by atoms with Crippen LogP contribution in [0.3, 0.4) is 0 Å². The standard InChI is InChI=1S/C19H17ClN4S/c1-12-6-8-16(9-7-12)22-19(25)24-21-11-15-10-14-5-3-4-13(2)17(14)23-18(15)20/h3-11H,1-2H3,(H2,22,24,25)/b21-11+. The number of benzene rings is 2. The van der Waals surface area contributed by atoms with Crippen molar-refractivity contribution in [1.82, 2.24) is 10.4 Å². The number of hydrazone groups is 1. The molecule has 0 saturated heterocycles. The highest BCUT2D eigenvalue weighted by Gasteiger charge is 2.05. The van der Waals surface area contributed by atoms with Crippen LogP contribution in [0, 0.1) is 13.8 Å². The van der Waals surface area contributed by atoms with Crippen molar-refractivity contribution in [2.24, 2.45) is 5.10 Å². The van der Waals surface area contributed by atoms with Gasteiger partial charge in [0.2, 0.25) is 0 Å². The Morgan fingerprint density at radius 2 is 1.92 bits per heavy atom. The molecule has 1 heterocycles. The van der Waals surface area contributed by atoms with Gasteiger partial charge < -0.3 is 5.32 Å². The second-order valence-electron chi connectivity index (χ2n) is 5.71. The molecule has 3 aromatic rings. The molecule has 0 radical (unpaired) electrons. The molecule has 0 atom stereocenters. The van der Waals surface area contributed by atoms with Gasteiger partial charge >= 0.3 is 0 Å². The van der Waals surface area contributed by atoms with Crippen LogP contribution in [0.2, 0.25) is 5.15 Å².